The number of carbonyl (C=O) groups is 1. The van der Waals surface area contributed by atoms with Crippen LogP contribution in [0.4, 0.5) is 4.39 Å². The number of rotatable bonds is 2. The van der Waals surface area contributed by atoms with Gasteiger partial charge in [0.1, 0.15) is 11.5 Å². The fourth-order valence-corrected chi connectivity index (χ4v) is 1.25. The summed E-state index contributed by atoms with van der Waals surface area (Å²) in [5, 5.41) is 8.45. The first kappa shape index (κ1) is 9.39. The zero-order valence-electron chi connectivity index (χ0n) is 7.59. The van der Waals surface area contributed by atoms with Crippen LogP contribution in [-0.4, -0.2) is 20.5 Å². The van der Waals surface area contributed by atoms with Crippen molar-refractivity contribution in [2.45, 2.75) is 0 Å². The molecule has 0 spiro atoms. The lowest BCUT2D eigenvalue weighted by Crippen LogP contribution is -1.90. The molecule has 2 heterocycles. The van der Waals surface area contributed by atoms with Crippen LogP contribution in [-0.2, 0) is 4.79 Å². The number of fused-ring (bicyclic) bond motifs is 1. The highest BCUT2D eigenvalue weighted by Gasteiger charge is 2.01. The van der Waals surface area contributed by atoms with Gasteiger partial charge >= 0.3 is 5.97 Å². The highest BCUT2D eigenvalue weighted by atomic mass is 19.1. The Kier molecular flexibility index (Phi) is 2.21. The van der Waals surface area contributed by atoms with E-state index in [1.165, 1.54) is 35.0 Å². The van der Waals surface area contributed by atoms with Gasteiger partial charge in [-0.2, -0.15) is 0 Å². The number of carboxylic acid groups (broad SMARTS) is 1. The second-order valence-electron chi connectivity index (χ2n) is 2.93. The maximum atomic E-state index is 12.9. The van der Waals surface area contributed by atoms with Crippen molar-refractivity contribution in [3.63, 3.8) is 0 Å². The predicted molar refractivity (Wildman–Crippen MR) is 51.8 cm³/mol. The van der Waals surface area contributed by atoms with E-state index in [1.807, 2.05) is 0 Å². The number of aliphatic carboxylic acids is 1. The number of nitrogens with zero attached hydrogens (tertiary/aromatic N) is 2. The molecule has 2 aromatic rings. The molecule has 0 unspecified atom stereocenters. The number of halogens is 1. The van der Waals surface area contributed by atoms with E-state index in [4.69, 9.17) is 5.11 Å². The van der Waals surface area contributed by atoms with Crippen LogP contribution in [0.25, 0.3) is 11.7 Å². The Balaban J connectivity index is 2.52. The van der Waals surface area contributed by atoms with Gasteiger partial charge in [-0.25, -0.2) is 14.2 Å². The average Bonchev–Trinajstić information content (AvgIpc) is 2.57. The number of aromatic nitrogens is 2. The van der Waals surface area contributed by atoms with Crippen LogP contribution in [0.15, 0.2) is 30.6 Å². The molecule has 0 bridgehead atoms. The summed E-state index contributed by atoms with van der Waals surface area (Å²) in [6.07, 6.45) is 5.08. The van der Waals surface area contributed by atoms with E-state index in [9.17, 15) is 9.18 Å². The second-order valence-corrected chi connectivity index (χ2v) is 2.93. The van der Waals surface area contributed by atoms with Crippen molar-refractivity contribution in [3.05, 3.63) is 42.1 Å². The van der Waals surface area contributed by atoms with Gasteiger partial charge in [0.15, 0.2) is 0 Å². The number of carboxylic acids is 1. The fraction of sp³-hybridized carbons (Fsp3) is 0. The van der Waals surface area contributed by atoms with Gasteiger partial charge in [-0.15, -0.1) is 0 Å². The van der Waals surface area contributed by atoms with E-state index in [-0.39, 0.29) is 0 Å². The molecule has 0 aliphatic heterocycles. The van der Waals surface area contributed by atoms with E-state index in [2.05, 4.69) is 4.98 Å². The van der Waals surface area contributed by atoms with Crippen LogP contribution in [0.1, 0.15) is 5.69 Å². The first-order valence-corrected chi connectivity index (χ1v) is 4.20. The van der Waals surface area contributed by atoms with Crippen LogP contribution in [0.5, 0.6) is 0 Å². The number of hydrogen-bond donors (Lipinski definition) is 1. The Morgan fingerprint density at radius 3 is 3.07 bits per heavy atom. The van der Waals surface area contributed by atoms with Crippen molar-refractivity contribution in [2.24, 2.45) is 0 Å². The van der Waals surface area contributed by atoms with Crippen LogP contribution >= 0.6 is 0 Å². The first-order chi connectivity index (χ1) is 7.16. The Morgan fingerprint density at radius 2 is 2.33 bits per heavy atom. The summed E-state index contributed by atoms with van der Waals surface area (Å²) in [4.78, 5) is 14.3. The average molecular weight is 206 g/mol. The molecule has 0 aliphatic carbocycles. The molecular formula is C10H7FN2O2. The Morgan fingerprint density at radius 1 is 1.53 bits per heavy atom. The van der Waals surface area contributed by atoms with Crippen molar-refractivity contribution < 1.29 is 14.3 Å². The molecule has 0 saturated carbocycles. The molecule has 0 aliphatic rings. The van der Waals surface area contributed by atoms with Crippen LogP contribution in [0, 0.1) is 5.82 Å². The molecule has 0 fully saturated rings. The SMILES string of the molecule is O=C(O)/C=C/c1cnc2ccc(F)cn12. The van der Waals surface area contributed by atoms with Crippen molar-refractivity contribution >= 4 is 17.7 Å². The van der Waals surface area contributed by atoms with Gasteiger partial charge in [0.05, 0.1) is 11.9 Å². The number of pyridine rings is 1. The van der Waals surface area contributed by atoms with E-state index in [1.54, 1.807) is 0 Å². The van der Waals surface area contributed by atoms with Gasteiger partial charge in [0.25, 0.3) is 0 Å². The topological polar surface area (TPSA) is 54.6 Å². The van der Waals surface area contributed by atoms with Gasteiger partial charge < -0.3 is 5.11 Å². The summed E-state index contributed by atoms with van der Waals surface area (Å²) in [7, 11) is 0. The molecule has 0 amide bonds. The van der Waals surface area contributed by atoms with E-state index >= 15 is 0 Å². The van der Waals surface area contributed by atoms with Gasteiger partial charge in [-0.1, -0.05) is 0 Å². The maximum Gasteiger partial charge on any atom is 0.328 e. The lowest BCUT2D eigenvalue weighted by Gasteiger charge is -1.95. The van der Waals surface area contributed by atoms with Gasteiger partial charge in [-0.05, 0) is 18.2 Å². The van der Waals surface area contributed by atoms with E-state index < -0.39 is 11.8 Å². The molecule has 0 atom stereocenters. The molecule has 76 valence electrons. The fourth-order valence-electron chi connectivity index (χ4n) is 1.25. The summed E-state index contributed by atoms with van der Waals surface area (Å²) in [6, 6.07) is 2.82. The molecule has 5 heteroatoms. The standard InChI is InChI=1S/C10H7FN2O2/c11-7-1-3-9-12-5-8(13(9)6-7)2-4-10(14)15/h1-6H,(H,14,15)/b4-2+. The normalized spacial score (nSPS) is 11.3. The molecule has 0 aromatic carbocycles. The second kappa shape index (κ2) is 3.53. The molecule has 0 saturated heterocycles. The van der Waals surface area contributed by atoms with E-state index in [0.717, 1.165) is 6.08 Å². The van der Waals surface area contributed by atoms with Crippen molar-refractivity contribution in [1.29, 1.82) is 0 Å². The van der Waals surface area contributed by atoms with Gasteiger partial charge in [-0.3, -0.25) is 4.40 Å². The molecule has 1 N–H and O–H groups in total. The minimum absolute atomic E-state index is 0.398. The summed E-state index contributed by atoms with van der Waals surface area (Å²) in [5.41, 5.74) is 1.09. The minimum atomic E-state index is -1.05. The number of hydrogen-bond acceptors (Lipinski definition) is 2. The van der Waals surface area contributed by atoms with Crippen LogP contribution in [0.3, 0.4) is 0 Å². The minimum Gasteiger partial charge on any atom is -0.478 e. The highest BCUT2D eigenvalue weighted by molar-refractivity contribution is 5.85. The highest BCUT2D eigenvalue weighted by Crippen LogP contribution is 2.09. The van der Waals surface area contributed by atoms with Crippen molar-refractivity contribution in [2.75, 3.05) is 0 Å². The monoisotopic (exact) mass is 206 g/mol. The molecule has 0 radical (unpaired) electrons. The number of imidazole rings is 1. The molecule has 2 rings (SSSR count). The Hall–Kier alpha value is -2.17. The third-order valence-corrected chi connectivity index (χ3v) is 1.89. The third-order valence-electron chi connectivity index (χ3n) is 1.89. The van der Waals surface area contributed by atoms with E-state index in [0.29, 0.717) is 11.3 Å². The van der Waals surface area contributed by atoms with Crippen molar-refractivity contribution in [1.82, 2.24) is 9.38 Å². The largest absolute Gasteiger partial charge is 0.478 e. The first-order valence-electron chi connectivity index (χ1n) is 4.20. The predicted octanol–water partition coefficient (Wildman–Crippen LogP) is 1.57. The van der Waals surface area contributed by atoms with Crippen LogP contribution in [0.2, 0.25) is 0 Å². The molecular weight excluding hydrogens is 199 g/mol. The summed E-state index contributed by atoms with van der Waals surface area (Å²) in [6.45, 7) is 0. The van der Waals surface area contributed by atoms with Crippen LogP contribution < -0.4 is 0 Å². The zero-order valence-corrected chi connectivity index (χ0v) is 7.59. The van der Waals surface area contributed by atoms with Gasteiger partial charge in [0.2, 0.25) is 0 Å². The molecule has 4 nitrogen and oxygen atoms in total. The summed E-state index contributed by atoms with van der Waals surface area (Å²) < 4.78 is 14.4. The third kappa shape index (κ3) is 1.85. The molecule has 2 aromatic heterocycles. The van der Waals surface area contributed by atoms with Crippen molar-refractivity contribution in [3.8, 4) is 0 Å². The lowest BCUT2D eigenvalue weighted by atomic mass is 10.4. The van der Waals surface area contributed by atoms with Gasteiger partial charge in [0, 0.05) is 12.3 Å². The Labute approximate surface area is 84.3 Å². The smallest absolute Gasteiger partial charge is 0.328 e. The maximum absolute atomic E-state index is 12.9. The lowest BCUT2D eigenvalue weighted by molar-refractivity contribution is -0.131. The molecule has 15 heavy (non-hydrogen) atoms. The zero-order chi connectivity index (χ0) is 10.8. The summed E-state index contributed by atoms with van der Waals surface area (Å²) >= 11 is 0. The Bertz CT molecular complexity index is 545. The summed E-state index contributed by atoms with van der Waals surface area (Å²) in [5.74, 6) is -1.45. The quantitative estimate of drug-likeness (QED) is 0.759.